The fourth-order valence-corrected chi connectivity index (χ4v) is 2.49. The van der Waals surface area contributed by atoms with Gasteiger partial charge in [-0.25, -0.2) is 0 Å². The molecule has 0 aliphatic rings. The lowest BCUT2D eigenvalue weighted by atomic mass is 9.97. The van der Waals surface area contributed by atoms with E-state index in [1.807, 2.05) is 25.1 Å². The molecule has 1 nitrogen and oxygen atoms in total. The molecule has 0 aliphatic heterocycles. The highest BCUT2D eigenvalue weighted by atomic mass is 16.1. The van der Waals surface area contributed by atoms with Gasteiger partial charge in [0.1, 0.15) is 0 Å². The third-order valence-electron chi connectivity index (χ3n) is 3.43. The Morgan fingerprint density at radius 1 is 0.833 bits per heavy atom. The Hall–Kier alpha value is -2.15. The Balaban J connectivity index is 2.40. The van der Waals surface area contributed by atoms with Crippen molar-refractivity contribution < 1.29 is 4.79 Å². The van der Waals surface area contributed by atoms with Gasteiger partial charge >= 0.3 is 0 Å². The number of fused-ring (bicyclic) bond motifs is 2. The molecule has 0 unspecified atom stereocenters. The summed E-state index contributed by atoms with van der Waals surface area (Å²) in [5.41, 5.74) is 1.86. The van der Waals surface area contributed by atoms with Crippen LogP contribution >= 0.6 is 0 Å². The van der Waals surface area contributed by atoms with Crippen LogP contribution < -0.4 is 0 Å². The van der Waals surface area contributed by atoms with E-state index in [1.165, 1.54) is 16.2 Å². The lowest BCUT2D eigenvalue weighted by Gasteiger charge is -2.07. The summed E-state index contributed by atoms with van der Waals surface area (Å²) < 4.78 is 0. The normalized spacial score (nSPS) is 11.0. The highest BCUT2D eigenvalue weighted by molar-refractivity contribution is 6.04. The van der Waals surface area contributed by atoms with Crippen LogP contribution in [0.15, 0.2) is 48.5 Å². The quantitative estimate of drug-likeness (QED) is 0.447. The van der Waals surface area contributed by atoms with E-state index in [-0.39, 0.29) is 5.78 Å². The summed E-state index contributed by atoms with van der Waals surface area (Å²) in [6, 6.07) is 16.7. The number of benzene rings is 3. The number of hydrogen-bond acceptors (Lipinski definition) is 1. The molecule has 88 valence electrons. The van der Waals surface area contributed by atoms with Gasteiger partial charge in [-0.05, 0) is 59.2 Å². The number of carbonyl (C=O) groups is 1. The monoisotopic (exact) mass is 234 g/mol. The smallest absolute Gasteiger partial charge is 0.160 e. The molecule has 3 aromatic carbocycles. The van der Waals surface area contributed by atoms with E-state index in [2.05, 4.69) is 30.3 Å². The zero-order chi connectivity index (χ0) is 12.7. The average molecular weight is 234 g/mol. The van der Waals surface area contributed by atoms with Gasteiger partial charge in [-0.15, -0.1) is 0 Å². The van der Waals surface area contributed by atoms with Crippen molar-refractivity contribution in [1.29, 1.82) is 0 Å². The molecule has 0 heterocycles. The Morgan fingerprint density at radius 3 is 1.94 bits per heavy atom. The van der Waals surface area contributed by atoms with Gasteiger partial charge in [0, 0.05) is 5.56 Å². The van der Waals surface area contributed by atoms with Crippen molar-refractivity contribution >= 4 is 27.3 Å². The predicted octanol–water partition coefficient (Wildman–Crippen LogP) is 4.50. The maximum atomic E-state index is 11.6. The van der Waals surface area contributed by atoms with Crippen LogP contribution in [0.1, 0.15) is 22.8 Å². The highest BCUT2D eigenvalue weighted by Crippen LogP contribution is 2.25. The molecule has 3 aromatic rings. The molecule has 0 fully saturated rings. The van der Waals surface area contributed by atoms with E-state index in [4.69, 9.17) is 0 Å². The Kier molecular flexibility index (Phi) is 2.41. The van der Waals surface area contributed by atoms with E-state index in [0.717, 1.165) is 16.5 Å². The van der Waals surface area contributed by atoms with E-state index in [1.54, 1.807) is 6.92 Å². The van der Waals surface area contributed by atoms with Crippen LogP contribution in [0.25, 0.3) is 21.5 Å². The maximum absolute atomic E-state index is 11.6. The number of rotatable bonds is 1. The predicted molar refractivity (Wildman–Crippen MR) is 76.2 cm³/mol. The molecule has 18 heavy (non-hydrogen) atoms. The van der Waals surface area contributed by atoms with Crippen LogP contribution in [-0.4, -0.2) is 5.78 Å². The van der Waals surface area contributed by atoms with Crippen molar-refractivity contribution in [3.05, 3.63) is 59.7 Å². The van der Waals surface area contributed by atoms with Crippen LogP contribution in [0.3, 0.4) is 0 Å². The van der Waals surface area contributed by atoms with Crippen molar-refractivity contribution in [3.8, 4) is 0 Å². The van der Waals surface area contributed by atoms with E-state index < -0.39 is 0 Å². The van der Waals surface area contributed by atoms with Gasteiger partial charge in [-0.2, -0.15) is 0 Å². The summed E-state index contributed by atoms with van der Waals surface area (Å²) in [5.74, 6) is 0.127. The summed E-state index contributed by atoms with van der Waals surface area (Å²) in [6.07, 6.45) is 0. The van der Waals surface area contributed by atoms with Gasteiger partial charge in [-0.3, -0.25) is 4.79 Å². The minimum Gasteiger partial charge on any atom is -0.295 e. The number of Topliss-reactive ketones (excluding diaryl/α,β-unsaturated/α-hetero) is 1. The van der Waals surface area contributed by atoms with Crippen LogP contribution in [0, 0.1) is 6.92 Å². The first-order valence-electron chi connectivity index (χ1n) is 6.09. The number of carbonyl (C=O) groups excluding carboxylic acids is 1. The van der Waals surface area contributed by atoms with Crippen molar-refractivity contribution in [2.75, 3.05) is 0 Å². The van der Waals surface area contributed by atoms with Crippen LogP contribution in [0.2, 0.25) is 0 Å². The molecule has 0 aliphatic carbocycles. The molecule has 0 atom stereocenters. The third-order valence-corrected chi connectivity index (χ3v) is 3.43. The lowest BCUT2D eigenvalue weighted by molar-refractivity contribution is 0.101. The number of ketones is 1. The summed E-state index contributed by atoms with van der Waals surface area (Å²) in [4.78, 5) is 11.6. The van der Waals surface area contributed by atoms with Crippen molar-refractivity contribution in [2.24, 2.45) is 0 Å². The van der Waals surface area contributed by atoms with Crippen LogP contribution in [0.5, 0.6) is 0 Å². The van der Waals surface area contributed by atoms with Gasteiger partial charge in [0.05, 0.1) is 0 Å². The molecule has 0 saturated carbocycles. The first-order chi connectivity index (χ1) is 8.65. The Labute approximate surface area is 106 Å². The zero-order valence-corrected chi connectivity index (χ0v) is 10.5. The molecule has 0 amide bonds. The fourth-order valence-electron chi connectivity index (χ4n) is 2.49. The molecular weight excluding hydrogens is 220 g/mol. The second-order valence-corrected chi connectivity index (χ2v) is 4.77. The molecule has 0 bridgehead atoms. The van der Waals surface area contributed by atoms with Crippen LogP contribution in [0.4, 0.5) is 0 Å². The number of aryl methyl sites for hydroxylation is 1. The van der Waals surface area contributed by atoms with Crippen molar-refractivity contribution in [3.63, 3.8) is 0 Å². The summed E-state index contributed by atoms with van der Waals surface area (Å²) in [5, 5.41) is 4.77. The highest BCUT2D eigenvalue weighted by Gasteiger charge is 2.06. The second-order valence-electron chi connectivity index (χ2n) is 4.77. The number of hydrogen-bond donors (Lipinski definition) is 0. The molecule has 3 rings (SSSR count). The Bertz CT molecular complexity index is 769. The Morgan fingerprint density at radius 2 is 1.39 bits per heavy atom. The van der Waals surface area contributed by atoms with Gasteiger partial charge in [0.15, 0.2) is 5.78 Å². The van der Waals surface area contributed by atoms with E-state index in [9.17, 15) is 4.79 Å². The van der Waals surface area contributed by atoms with Gasteiger partial charge in [-0.1, -0.05) is 30.3 Å². The minimum atomic E-state index is 0.127. The molecule has 0 saturated heterocycles. The van der Waals surface area contributed by atoms with Crippen LogP contribution in [-0.2, 0) is 0 Å². The van der Waals surface area contributed by atoms with Crippen molar-refractivity contribution in [1.82, 2.24) is 0 Å². The first kappa shape index (κ1) is 11.0. The molecule has 0 aromatic heterocycles. The standard InChI is InChI=1S/C17H14O/c1-11-7-15-8-13-5-3-4-6-14(13)9-16(15)10-17(11)12(2)18/h3-10H,1-2H3. The van der Waals surface area contributed by atoms with Gasteiger partial charge in [0.2, 0.25) is 0 Å². The molecule has 0 radical (unpaired) electrons. The third kappa shape index (κ3) is 1.68. The van der Waals surface area contributed by atoms with Gasteiger partial charge in [0.25, 0.3) is 0 Å². The molecular formula is C17H14O. The van der Waals surface area contributed by atoms with Crippen molar-refractivity contribution in [2.45, 2.75) is 13.8 Å². The zero-order valence-electron chi connectivity index (χ0n) is 10.5. The van der Waals surface area contributed by atoms with E-state index >= 15 is 0 Å². The first-order valence-corrected chi connectivity index (χ1v) is 6.09. The average Bonchev–Trinajstić information content (AvgIpc) is 2.35. The largest absolute Gasteiger partial charge is 0.295 e. The molecule has 1 heteroatoms. The lowest BCUT2D eigenvalue weighted by Crippen LogP contribution is -1.95. The minimum absolute atomic E-state index is 0.127. The molecule has 0 spiro atoms. The SMILES string of the molecule is CC(=O)c1cc2cc3ccccc3cc2cc1C. The molecule has 0 N–H and O–H groups in total. The fraction of sp³-hybridized carbons (Fsp3) is 0.118. The maximum Gasteiger partial charge on any atom is 0.160 e. The summed E-state index contributed by atoms with van der Waals surface area (Å²) >= 11 is 0. The van der Waals surface area contributed by atoms with E-state index in [0.29, 0.717) is 0 Å². The summed E-state index contributed by atoms with van der Waals surface area (Å²) in [7, 11) is 0. The summed E-state index contributed by atoms with van der Waals surface area (Å²) in [6.45, 7) is 3.61. The van der Waals surface area contributed by atoms with Gasteiger partial charge < -0.3 is 0 Å². The second kappa shape index (κ2) is 3.95. The topological polar surface area (TPSA) is 17.1 Å².